The van der Waals surface area contributed by atoms with E-state index in [1.54, 1.807) is 0 Å². The topological polar surface area (TPSA) is 31.5 Å². The summed E-state index contributed by atoms with van der Waals surface area (Å²) in [5.41, 5.74) is 0. The molecule has 0 spiro atoms. The molecule has 0 heterocycles. The Morgan fingerprint density at radius 3 is 0.600 bits per heavy atom. The molecule has 0 amide bonds. The molecule has 0 saturated carbocycles. The van der Waals surface area contributed by atoms with Gasteiger partial charge in [-0.2, -0.15) is 27.0 Å². The van der Waals surface area contributed by atoms with Crippen LogP contribution in [0.3, 0.4) is 0 Å². The fraction of sp³-hybridized carbons (Fsp3) is 1.00. The fourth-order valence-corrected chi connectivity index (χ4v) is 0. The number of hydrogen-bond acceptors (Lipinski definition) is 0. The van der Waals surface area contributed by atoms with Gasteiger partial charge in [0.15, 0.2) is 0 Å². The molecule has 0 aliphatic rings. The van der Waals surface area contributed by atoms with Gasteiger partial charge in [-0.05, 0) is 0 Å². The molecule has 0 saturated heterocycles. The maximum atomic E-state index is 0. The fourth-order valence-electron chi connectivity index (χ4n) is 0. The lowest BCUT2D eigenvalue weighted by Crippen LogP contribution is -0.289. The molecule has 0 aromatic carbocycles. The molecule has 2 N–H and O–H groups in total. The highest BCUT2D eigenvalue weighted by Gasteiger charge is -0.0765. The summed E-state index contributed by atoms with van der Waals surface area (Å²) in [4.78, 5) is 0. The van der Waals surface area contributed by atoms with Crippen molar-refractivity contribution in [3.8, 4) is 0 Å². The monoisotopic (exact) mass is 118 g/mol. The summed E-state index contributed by atoms with van der Waals surface area (Å²) in [5, 5.41) is 0. The van der Waals surface area contributed by atoms with E-state index in [1.807, 2.05) is 0 Å². The van der Waals surface area contributed by atoms with Gasteiger partial charge in [-0.1, -0.05) is 14.9 Å². The van der Waals surface area contributed by atoms with Gasteiger partial charge < -0.3 is 5.48 Å². The summed E-state index contributed by atoms with van der Waals surface area (Å²) in [5.74, 6) is 0. The van der Waals surface area contributed by atoms with E-state index < -0.39 is 0 Å². The van der Waals surface area contributed by atoms with Gasteiger partial charge in [-0.25, -0.2) is 0 Å². The highest BCUT2D eigenvalue weighted by molar-refractivity contribution is 7.59. The van der Waals surface area contributed by atoms with Gasteiger partial charge in [0.05, 0.1) is 0 Å². The zero-order valence-corrected chi connectivity index (χ0v) is 3.50. The standard InChI is InChI=1S/2CH4.H2O.2H2S/h2*1H4;3*1H2. The molecule has 0 aliphatic carbocycles. The lowest BCUT2D eigenvalue weighted by molar-refractivity contribution is 0.824. The average molecular weight is 118 g/mol. The van der Waals surface area contributed by atoms with E-state index in [2.05, 4.69) is 0 Å². The minimum Gasteiger partial charge on any atom is -0.412 e. The molecule has 0 atom stereocenters. The van der Waals surface area contributed by atoms with Crippen molar-refractivity contribution in [2.75, 3.05) is 0 Å². The maximum Gasteiger partial charge on any atom is -0.0776 e. The molecule has 0 rings (SSSR count). The second kappa shape index (κ2) is 143. The van der Waals surface area contributed by atoms with Crippen LogP contribution in [0.4, 0.5) is 0 Å². The molecule has 0 radical (unpaired) electrons. The van der Waals surface area contributed by atoms with Gasteiger partial charge in [0, 0.05) is 0 Å². The van der Waals surface area contributed by atoms with E-state index in [0.29, 0.717) is 0 Å². The summed E-state index contributed by atoms with van der Waals surface area (Å²) in [6, 6.07) is 0. The predicted octanol–water partition coefficient (Wildman–Crippen LogP) is 0.673. The third-order valence-electron chi connectivity index (χ3n) is 0. The van der Waals surface area contributed by atoms with Gasteiger partial charge in [-0.15, -0.1) is 0 Å². The molecule has 0 aliphatic heterocycles. The summed E-state index contributed by atoms with van der Waals surface area (Å²) >= 11 is 0. The first-order valence-corrected chi connectivity index (χ1v) is 0. The highest BCUT2D eigenvalue weighted by Crippen LogP contribution is 0.649. The molecule has 3 heteroatoms. The van der Waals surface area contributed by atoms with E-state index in [0.717, 1.165) is 0 Å². The van der Waals surface area contributed by atoms with Crippen LogP contribution in [0.1, 0.15) is 14.9 Å². The minimum atomic E-state index is 0. The van der Waals surface area contributed by atoms with Crippen LogP contribution in [-0.4, -0.2) is 5.48 Å². The molecule has 0 bridgehead atoms. The quantitative estimate of drug-likeness (QED) is 0.448. The Morgan fingerprint density at radius 2 is 0.600 bits per heavy atom. The molecule has 0 aromatic rings. The van der Waals surface area contributed by atoms with Gasteiger partial charge >= 0.3 is 0 Å². The van der Waals surface area contributed by atoms with E-state index in [9.17, 15) is 0 Å². The highest BCUT2D eigenvalue weighted by atomic mass is 32.1. The first-order chi connectivity index (χ1) is 0. The van der Waals surface area contributed by atoms with Crippen LogP contribution in [0.15, 0.2) is 0 Å². The normalized spacial score (nSPS) is 0. The molecule has 5 heavy (non-hydrogen) atoms. The minimum absolute atomic E-state index is 0. The molecule has 0 unspecified atom stereocenters. The predicted molar refractivity (Wildman–Crippen MR) is 37.8 cm³/mol. The zero-order chi connectivity index (χ0) is 0. The van der Waals surface area contributed by atoms with Gasteiger partial charge in [-0.3, -0.25) is 0 Å². The summed E-state index contributed by atoms with van der Waals surface area (Å²) in [6.45, 7) is 0. The van der Waals surface area contributed by atoms with Crippen LogP contribution < -0.4 is 0 Å². The van der Waals surface area contributed by atoms with E-state index >= 15 is 0 Å². The summed E-state index contributed by atoms with van der Waals surface area (Å²) in [6.07, 6.45) is 0. The molecule has 0 fully saturated rings. The van der Waals surface area contributed by atoms with Crippen molar-refractivity contribution in [3.63, 3.8) is 0 Å². The van der Waals surface area contributed by atoms with Gasteiger partial charge in [0.25, 0.3) is 0 Å². The van der Waals surface area contributed by atoms with Crippen molar-refractivity contribution in [1.29, 1.82) is 0 Å². The van der Waals surface area contributed by atoms with Crippen molar-refractivity contribution in [2.24, 2.45) is 0 Å². The number of hydrogen-bond donors (Lipinski definition) is 0. The molecular weight excluding hydrogens is 104 g/mol. The SMILES string of the molecule is C.C.O.S.S. The van der Waals surface area contributed by atoms with E-state index in [1.165, 1.54) is 0 Å². The van der Waals surface area contributed by atoms with Crippen LogP contribution in [-0.2, 0) is 0 Å². The second-order valence-corrected chi connectivity index (χ2v) is 0. The van der Waals surface area contributed by atoms with Crippen LogP contribution in [0.25, 0.3) is 0 Å². The number of rotatable bonds is 0. The Bertz CT molecular complexity index is 7.61. The van der Waals surface area contributed by atoms with Crippen LogP contribution in [0.2, 0.25) is 0 Å². The summed E-state index contributed by atoms with van der Waals surface area (Å²) in [7, 11) is 0. The smallest absolute Gasteiger partial charge is 0.0776 e. The second-order valence-electron chi connectivity index (χ2n) is 0. The van der Waals surface area contributed by atoms with E-state index in [-0.39, 0.29) is 47.3 Å². The Morgan fingerprint density at radius 1 is 0.600 bits per heavy atom. The van der Waals surface area contributed by atoms with Gasteiger partial charge in [0.2, 0.25) is 0 Å². The first-order valence-electron chi connectivity index (χ1n) is 0. The Balaban J connectivity index is 0. The third kappa shape index (κ3) is 75.7. The largest absolute Gasteiger partial charge is 0.412 e. The molecule has 40 valence electrons. The van der Waals surface area contributed by atoms with Crippen molar-refractivity contribution in [1.82, 2.24) is 0 Å². The van der Waals surface area contributed by atoms with Crippen molar-refractivity contribution >= 4 is 27.0 Å². The van der Waals surface area contributed by atoms with Crippen molar-refractivity contribution in [2.45, 2.75) is 14.9 Å². The lowest BCUT2D eigenvalue weighted by Gasteiger charge is -0.412. The van der Waals surface area contributed by atoms with Crippen LogP contribution in [0.5, 0.6) is 0 Å². The third-order valence-corrected chi connectivity index (χ3v) is 0. The lowest BCUT2D eigenvalue weighted by atomic mass is 12.0. The Labute approximate surface area is 48.0 Å². The van der Waals surface area contributed by atoms with Crippen molar-refractivity contribution in [3.05, 3.63) is 0 Å². The van der Waals surface area contributed by atoms with E-state index in [4.69, 9.17) is 0 Å². The van der Waals surface area contributed by atoms with Gasteiger partial charge in [0.1, 0.15) is 0 Å². The zero-order valence-electron chi connectivity index (χ0n) is 1.50. The molecular formula is C2H14OS2. The Kier molecular flexibility index (Phi) is 8090. The average Bonchev–Trinajstić information content (AvgIpc) is 0. The van der Waals surface area contributed by atoms with Crippen LogP contribution in [0, 0.1) is 0 Å². The Hall–Kier alpha value is 0.660. The molecule has 0 aromatic heterocycles. The molecule has 1 nitrogen and oxygen atoms in total. The first kappa shape index (κ1) is 282. The van der Waals surface area contributed by atoms with Crippen LogP contribution >= 0.6 is 27.0 Å². The summed E-state index contributed by atoms with van der Waals surface area (Å²) < 4.78 is 0. The maximum absolute atomic E-state index is 0. The van der Waals surface area contributed by atoms with Crippen molar-refractivity contribution < 1.29 is 5.48 Å².